The number of hydrogen-bond acceptors (Lipinski definition) is 5. The Hall–Kier alpha value is -3.84. The molecule has 32 heavy (non-hydrogen) atoms. The van der Waals surface area contributed by atoms with E-state index in [1.807, 2.05) is 37.4 Å². The molecule has 0 aliphatic carbocycles. The molecule has 0 bridgehead atoms. The highest BCUT2D eigenvalue weighted by atomic mass is 35.5. The Morgan fingerprint density at radius 3 is 2.84 bits per heavy atom. The summed E-state index contributed by atoms with van der Waals surface area (Å²) in [4.78, 5) is 25.8. The van der Waals surface area contributed by atoms with Crippen LogP contribution in [0.5, 0.6) is 0 Å². The molecule has 5 rings (SSSR count). The van der Waals surface area contributed by atoms with Crippen molar-refractivity contribution in [1.29, 1.82) is 0 Å². The SMILES string of the molecule is Cc1cnc2ccc(Cc3cncc(C(=O)NCc4[nH]nc5ccc(Cl)cc45)n3)cc2c1. The van der Waals surface area contributed by atoms with Crippen LogP contribution in [0.1, 0.15) is 33.0 Å². The van der Waals surface area contributed by atoms with Gasteiger partial charge in [0.1, 0.15) is 5.69 Å². The lowest BCUT2D eigenvalue weighted by molar-refractivity contribution is 0.0945. The summed E-state index contributed by atoms with van der Waals surface area (Å²) < 4.78 is 0. The molecule has 2 N–H and O–H groups in total. The van der Waals surface area contributed by atoms with Gasteiger partial charge in [-0.05, 0) is 54.4 Å². The van der Waals surface area contributed by atoms with Gasteiger partial charge in [-0.1, -0.05) is 17.7 Å². The van der Waals surface area contributed by atoms with Crippen LogP contribution in [0.4, 0.5) is 0 Å². The number of nitrogens with one attached hydrogen (secondary N) is 2. The molecule has 2 aromatic carbocycles. The molecule has 5 aromatic rings. The minimum absolute atomic E-state index is 0.266. The number of rotatable bonds is 5. The largest absolute Gasteiger partial charge is 0.345 e. The van der Waals surface area contributed by atoms with E-state index in [9.17, 15) is 4.79 Å². The number of carbonyl (C=O) groups excluding carboxylic acids is 1. The maximum atomic E-state index is 12.7. The van der Waals surface area contributed by atoms with E-state index in [-0.39, 0.29) is 18.1 Å². The second-order valence-corrected chi connectivity index (χ2v) is 8.09. The van der Waals surface area contributed by atoms with Crippen molar-refractivity contribution in [2.75, 3.05) is 0 Å². The van der Waals surface area contributed by atoms with Gasteiger partial charge in [0.05, 0.1) is 35.2 Å². The van der Waals surface area contributed by atoms with Crippen LogP contribution in [0, 0.1) is 6.92 Å². The van der Waals surface area contributed by atoms with E-state index in [4.69, 9.17) is 11.6 Å². The van der Waals surface area contributed by atoms with Gasteiger partial charge in [-0.15, -0.1) is 0 Å². The molecule has 0 saturated heterocycles. The number of hydrogen-bond donors (Lipinski definition) is 2. The number of aromatic amines is 1. The first-order valence-corrected chi connectivity index (χ1v) is 10.5. The average molecular weight is 443 g/mol. The summed E-state index contributed by atoms with van der Waals surface area (Å²) >= 11 is 6.08. The Balaban J connectivity index is 1.31. The maximum absolute atomic E-state index is 12.7. The molecule has 0 fully saturated rings. The molecular formula is C24H19ClN6O. The van der Waals surface area contributed by atoms with E-state index < -0.39 is 0 Å². The predicted molar refractivity (Wildman–Crippen MR) is 124 cm³/mol. The molecule has 3 aromatic heterocycles. The average Bonchev–Trinajstić information content (AvgIpc) is 3.19. The molecule has 0 spiro atoms. The van der Waals surface area contributed by atoms with Gasteiger partial charge in [0.15, 0.2) is 0 Å². The fraction of sp³-hybridized carbons (Fsp3) is 0.125. The van der Waals surface area contributed by atoms with Crippen molar-refractivity contribution in [2.45, 2.75) is 19.9 Å². The van der Waals surface area contributed by atoms with E-state index in [1.165, 1.54) is 6.20 Å². The number of amides is 1. The first kappa shape index (κ1) is 20.1. The van der Waals surface area contributed by atoms with Gasteiger partial charge >= 0.3 is 0 Å². The van der Waals surface area contributed by atoms with E-state index in [0.29, 0.717) is 11.4 Å². The molecule has 3 heterocycles. The zero-order valence-corrected chi connectivity index (χ0v) is 18.0. The van der Waals surface area contributed by atoms with E-state index in [0.717, 1.165) is 44.3 Å². The summed E-state index contributed by atoms with van der Waals surface area (Å²) in [6.45, 7) is 2.30. The first-order chi connectivity index (χ1) is 15.5. The molecule has 7 nitrogen and oxygen atoms in total. The van der Waals surface area contributed by atoms with Crippen LogP contribution >= 0.6 is 11.6 Å². The van der Waals surface area contributed by atoms with Crippen molar-refractivity contribution in [1.82, 2.24) is 30.5 Å². The van der Waals surface area contributed by atoms with Gasteiger partial charge in [-0.25, -0.2) is 4.98 Å². The Kier molecular flexibility index (Phi) is 5.25. The van der Waals surface area contributed by atoms with E-state index >= 15 is 0 Å². The van der Waals surface area contributed by atoms with Gasteiger partial charge in [0.2, 0.25) is 0 Å². The summed E-state index contributed by atoms with van der Waals surface area (Å²) in [6.07, 6.45) is 5.58. The monoisotopic (exact) mass is 442 g/mol. The topological polar surface area (TPSA) is 96.5 Å². The van der Waals surface area contributed by atoms with Crippen molar-refractivity contribution < 1.29 is 4.79 Å². The highest BCUT2D eigenvalue weighted by molar-refractivity contribution is 6.31. The van der Waals surface area contributed by atoms with Crippen LogP contribution in [-0.2, 0) is 13.0 Å². The van der Waals surface area contributed by atoms with Crippen molar-refractivity contribution in [3.8, 4) is 0 Å². The quantitative estimate of drug-likeness (QED) is 0.421. The standard InChI is InChI=1S/C24H19ClN6O/c1-14-6-16-7-15(2-4-20(16)27-10-14)8-18-11-26-12-23(29-18)24(32)28-13-22-19-9-17(25)3-5-21(19)30-31-22/h2-7,9-12H,8,13H2,1H3,(H,28,32)(H,30,31). The van der Waals surface area contributed by atoms with Gasteiger partial charge in [0.25, 0.3) is 5.91 Å². The molecule has 8 heteroatoms. The van der Waals surface area contributed by atoms with Crippen LogP contribution in [-0.4, -0.2) is 31.1 Å². The van der Waals surface area contributed by atoms with E-state index in [1.54, 1.807) is 12.3 Å². The lowest BCUT2D eigenvalue weighted by Gasteiger charge is -2.07. The minimum atomic E-state index is -0.303. The zero-order chi connectivity index (χ0) is 22.1. The molecule has 158 valence electrons. The van der Waals surface area contributed by atoms with Crippen LogP contribution in [0.15, 0.2) is 61.1 Å². The molecule has 0 radical (unpaired) electrons. The maximum Gasteiger partial charge on any atom is 0.271 e. The number of carbonyl (C=O) groups is 1. The number of halogens is 1. The number of aromatic nitrogens is 5. The second kappa shape index (κ2) is 8.36. The van der Waals surface area contributed by atoms with Crippen molar-refractivity contribution in [3.05, 3.63) is 94.3 Å². The first-order valence-electron chi connectivity index (χ1n) is 10.1. The lowest BCUT2D eigenvalue weighted by atomic mass is 10.1. The molecule has 1 amide bonds. The van der Waals surface area contributed by atoms with Crippen LogP contribution in [0.2, 0.25) is 5.02 Å². The highest BCUT2D eigenvalue weighted by Gasteiger charge is 2.12. The third kappa shape index (κ3) is 4.15. The summed E-state index contributed by atoms with van der Waals surface area (Å²) in [7, 11) is 0. The van der Waals surface area contributed by atoms with Crippen molar-refractivity contribution in [3.63, 3.8) is 0 Å². The fourth-order valence-electron chi connectivity index (χ4n) is 3.64. The summed E-state index contributed by atoms with van der Waals surface area (Å²) in [5, 5.41) is 12.6. The Bertz CT molecular complexity index is 1460. The summed E-state index contributed by atoms with van der Waals surface area (Å²) in [5.41, 5.74) is 5.70. The van der Waals surface area contributed by atoms with Gasteiger partial charge < -0.3 is 5.32 Å². The molecule has 0 aliphatic heterocycles. The molecule has 0 saturated carbocycles. The Labute approximate surface area is 188 Å². The van der Waals surface area contributed by atoms with E-state index in [2.05, 4.69) is 42.6 Å². The van der Waals surface area contributed by atoms with Gasteiger partial charge in [0, 0.05) is 34.6 Å². The number of aryl methyl sites for hydroxylation is 1. The van der Waals surface area contributed by atoms with Crippen molar-refractivity contribution >= 4 is 39.3 Å². The zero-order valence-electron chi connectivity index (χ0n) is 17.3. The molecule has 0 atom stereocenters. The highest BCUT2D eigenvalue weighted by Crippen LogP contribution is 2.21. The summed E-state index contributed by atoms with van der Waals surface area (Å²) in [6, 6.07) is 13.7. The van der Waals surface area contributed by atoms with Crippen LogP contribution in [0.3, 0.4) is 0 Å². The smallest absolute Gasteiger partial charge is 0.271 e. The number of benzene rings is 2. The molecule has 0 unspecified atom stereocenters. The third-order valence-electron chi connectivity index (χ3n) is 5.21. The minimum Gasteiger partial charge on any atom is -0.345 e. The number of fused-ring (bicyclic) bond motifs is 2. The third-order valence-corrected chi connectivity index (χ3v) is 5.44. The normalized spacial score (nSPS) is 11.2. The summed E-state index contributed by atoms with van der Waals surface area (Å²) in [5.74, 6) is -0.303. The molecular weight excluding hydrogens is 424 g/mol. The second-order valence-electron chi connectivity index (χ2n) is 7.66. The number of H-pyrrole nitrogens is 1. The Morgan fingerprint density at radius 1 is 1.06 bits per heavy atom. The van der Waals surface area contributed by atoms with Gasteiger partial charge in [-0.2, -0.15) is 5.10 Å². The predicted octanol–water partition coefficient (Wildman–Crippen LogP) is 4.38. The molecule has 0 aliphatic rings. The number of pyridine rings is 1. The number of nitrogens with zero attached hydrogens (tertiary/aromatic N) is 4. The van der Waals surface area contributed by atoms with Crippen LogP contribution in [0.25, 0.3) is 21.8 Å². The fourth-order valence-corrected chi connectivity index (χ4v) is 3.81. The lowest BCUT2D eigenvalue weighted by Crippen LogP contribution is -2.24. The van der Waals surface area contributed by atoms with Crippen molar-refractivity contribution in [2.24, 2.45) is 0 Å². The Morgan fingerprint density at radius 2 is 1.94 bits per heavy atom. The van der Waals surface area contributed by atoms with Crippen LogP contribution < -0.4 is 5.32 Å². The van der Waals surface area contributed by atoms with Gasteiger partial charge in [-0.3, -0.25) is 19.9 Å².